The third kappa shape index (κ3) is 3.56. The lowest BCUT2D eigenvalue weighted by atomic mass is 10.0. The van der Waals surface area contributed by atoms with Crippen LogP contribution in [-0.4, -0.2) is 40.4 Å². The standard InChI is InChI=1S/C13H23N5O/c1-6-18(5)13(19)9(4)17-12-10(8(2)3)11(14)15-7-16-12/h7-9H,6H2,1-5H3,(H3,14,15,16,17). The van der Waals surface area contributed by atoms with Gasteiger partial charge in [0.1, 0.15) is 24.0 Å². The van der Waals surface area contributed by atoms with Crippen molar-refractivity contribution in [2.45, 2.75) is 39.7 Å². The largest absolute Gasteiger partial charge is 0.383 e. The van der Waals surface area contributed by atoms with Crippen molar-refractivity contribution >= 4 is 17.5 Å². The molecule has 0 radical (unpaired) electrons. The molecule has 1 heterocycles. The Hall–Kier alpha value is -1.85. The summed E-state index contributed by atoms with van der Waals surface area (Å²) >= 11 is 0. The van der Waals surface area contributed by atoms with Crippen LogP contribution in [0.3, 0.4) is 0 Å². The first-order chi connectivity index (χ1) is 8.88. The first-order valence-electron chi connectivity index (χ1n) is 6.50. The average Bonchev–Trinajstić information content (AvgIpc) is 2.36. The molecule has 6 heteroatoms. The van der Waals surface area contributed by atoms with E-state index < -0.39 is 0 Å². The quantitative estimate of drug-likeness (QED) is 0.842. The van der Waals surface area contributed by atoms with E-state index in [1.807, 2.05) is 27.7 Å². The Morgan fingerprint density at radius 2 is 2.05 bits per heavy atom. The normalized spacial score (nSPS) is 12.3. The van der Waals surface area contributed by atoms with Crippen molar-refractivity contribution < 1.29 is 4.79 Å². The number of nitrogens with zero attached hydrogens (tertiary/aromatic N) is 3. The maximum atomic E-state index is 12.0. The first kappa shape index (κ1) is 15.2. The van der Waals surface area contributed by atoms with Crippen LogP contribution in [-0.2, 0) is 4.79 Å². The van der Waals surface area contributed by atoms with Crippen LogP contribution in [0.5, 0.6) is 0 Å². The Kier molecular flexibility index (Phi) is 5.09. The lowest BCUT2D eigenvalue weighted by Crippen LogP contribution is -2.39. The Bertz CT molecular complexity index is 447. The minimum atomic E-state index is -0.350. The zero-order valence-corrected chi connectivity index (χ0v) is 12.3. The number of nitrogen functional groups attached to an aromatic ring is 1. The molecule has 1 unspecified atom stereocenters. The summed E-state index contributed by atoms with van der Waals surface area (Å²) in [5, 5.41) is 3.13. The number of hydrogen-bond donors (Lipinski definition) is 2. The minimum absolute atomic E-state index is 0.0226. The number of aromatic nitrogens is 2. The van der Waals surface area contributed by atoms with Crippen molar-refractivity contribution in [3.05, 3.63) is 11.9 Å². The number of hydrogen-bond acceptors (Lipinski definition) is 5. The molecular weight excluding hydrogens is 242 g/mol. The van der Waals surface area contributed by atoms with Crippen LogP contribution < -0.4 is 11.1 Å². The van der Waals surface area contributed by atoms with Gasteiger partial charge >= 0.3 is 0 Å². The SMILES string of the molecule is CCN(C)C(=O)C(C)Nc1ncnc(N)c1C(C)C. The highest BCUT2D eigenvalue weighted by Gasteiger charge is 2.20. The molecule has 0 fully saturated rings. The molecule has 19 heavy (non-hydrogen) atoms. The van der Waals surface area contributed by atoms with Gasteiger partial charge in [0.05, 0.1) is 0 Å². The van der Waals surface area contributed by atoms with Crippen LogP contribution in [0.4, 0.5) is 11.6 Å². The third-order valence-electron chi connectivity index (χ3n) is 3.07. The van der Waals surface area contributed by atoms with E-state index in [2.05, 4.69) is 15.3 Å². The van der Waals surface area contributed by atoms with Crippen LogP contribution >= 0.6 is 0 Å². The van der Waals surface area contributed by atoms with Gasteiger partial charge in [-0.05, 0) is 19.8 Å². The number of likely N-dealkylation sites (N-methyl/N-ethyl adjacent to an activating group) is 1. The van der Waals surface area contributed by atoms with Crippen molar-refractivity contribution in [1.29, 1.82) is 0 Å². The predicted octanol–water partition coefficient (Wildman–Crippen LogP) is 1.46. The Morgan fingerprint density at radius 3 is 2.58 bits per heavy atom. The molecule has 1 aromatic heterocycles. The van der Waals surface area contributed by atoms with E-state index in [0.717, 1.165) is 5.56 Å². The van der Waals surface area contributed by atoms with Gasteiger partial charge in [-0.3, -0.25) is 4.79 Å². The number of amides is 1. The molecule has 1 rings (SSSR count). The van der Waals surface area contributed by atoms with Gasteiger partial charge in [-0.25, -0.2) is 9.97 Å². The Labute approximate surface area is 114 Å². The fourth-order valence-electron chi connectivity index (χ4n) is 1.85. The van der Waals surface area contributed by atoms with Crippen LogP contribution in [0.25, 0.3) is 0 Å². The fraction of sp³-hybridized carbons (Fsp3) is 0.615. The lowest BCUT2D eigenvalue weighted by molar-refractivity contribution is -0.130. The minimum Gasteiger partial charge on any atom is -0.383 e. The monoisotopic (exact) mass is 265 g/mol. The van der Waals surface area contributed by atoms with Crippen molar-refractivity contribution in [3.8, 4) is 0 Å². The molecule has 0 aliphatic carbocycles. The van der Waals surface area contributed by atoms with E-state index in [9.17, 15) is 4.79 Å². The third-order valence-corrected chi connectivity index (χ3v) is 3.07. The van der Waals surface area contributed by atoms with E-state index in [4.69, 9.17) is 5.73 Å². The van der Waals surface area contributed by atoms with Gasteiger partial charge in [-0.2, -0.15) is 0 Å². The zero-order valence-electron chi connectivity index (χ0n) is 12.3. The number of carbonyl (C=O) groups is 1. The van der Waals surface area contributed by atoms with Crippen molar-refractivity contribution in [2.24, 2.45) is 0 Å². The predicted molar refractivity (Wildman–Crippen MR) is 76.9 cm³/mol. The van der Waals surface area contributed by atoms with Gasteiger partial charge in [0, 0.05) is 19.2 Å². The highest BCUT2D eigenvalue weighted by Crippen LogP contribution is 2.26. The second kappa shape index (κ2) is 6.36. The summed E-state index contributed by atoms with van der Waals surface area (Å²) < 4.78 is 0. The van der Waals surface area contributed by atoms with Crippen LogP contribution in [0.1, 0.15) is 39.2 Å². The van der Waals surface area contributed by atoms with Crippen molar-refractivity contribution in [3.63, 3.8) is 0 Å². The summed E-state index contributed by atoms with van der Waals surface area (Å²) in [6.07, 6.45) is 1.41. The fourth-order valence-corrected chi connectivity index (χ4v) is 1.85. The Morgan fingerprint density at radius 1 is 1.42 bits per heavy atom. The molecule has 0 saturated heterocycles. The molecule has 0 spiro atoms. The van der Waals surface area contributed by atoms with E-state index >= 15 is 0 Å². The van der Waals surface area contributed by atoms with E-state index in [0.29, 0.717) is 18.2 Å². The summed E-state index contributed by atoms with van der Waals surface area (Å²) in [6, 6.07) is -0.350. The van der Waals surface area contributed by atoms with Gasteiger partial charge in [0.15, 0.2) is 0 Å². The molecule has 0 saturated carbocycles. The molecule has 6 nitrogen and oxygen atoms in total. The molecule has 0 aliphatic rings. The number of anilines is 2. The highest BCUT2D eigenvalue weighted by atomic mass is 16.2. The number of nitrogens with two attached hydrogens (primary N) is 1. The van der Waals surface area contributed by atoms with Gasteiger partial charge in [0.25, 0.3) is 0 Å². The number of rotatable bonds is 5. The molecule has 0 aliphatic heterocycles. The maximum Gasteiger partial charge on any atom is 0.244 e. The number of nitrogens with one attached hydrogen (secondary N) is 1. The first-order valence-corrected chi connectivity index (χ1v) is 6.50. The molecule has 0 aromatic carbocycles. The summed E-state index contributed by atoms with van der Waals surface area (Å²) in [5.41, 5.74) is 6.72. The molecule has 0 bridgehead atoms. The van der Waals surface area contributed by atoms with Crippen LogP contribution in [0.2, 0.25) is 0 Å². The van der Waals surface area contributed by atoms with Gasteiger partial charge < -0.3 is 16.0 Å². The van der Waals surface area contributed by atoms with Gasteiger partial charge in [0.2, 0.25) is 5.91 Å². The topological polar surface area (TPSA) is 84.1 Å². The molecular formula is C13H23N5O. The van der Waals surface area contributed by atoms with Crippen LogP contribution in [0.15, 0.2) is 6.33 Å². The van der Waals surface area contributed by atoms with Gasteiger partial charge in [-0.1, -0.05) is 13.8 Å². The van der Waals surface area contributed by atoms with Gasteiger partial charge in [-0.15, -0.1) is 0 Å². The lowest BCUT2D eigenvalue weighted by Gasteiger charge is -2.22. The van der Waals surface area contributed by atoms with E-state index in [-0.39, 0.29) is 17.9 Å². The van der Waals surface area contributed by atoms with Crippen molar-refractivity contribution in [2.75, 3.05) is 24.6 Å². The molecule has 3 N–H and O–H groups in total. The maximum absolute atomic E-state index is 12.0. The molecule has 106 valence electrons. The van der Waals surface area contributed by atoms with E-state index in [1.54, 1.807) is 11.9 Å². The molecule has 1 amide bonds. The second-order valence-electron chi connectivity index (χ2n) is 4.89. The molecule has 1 atom stereocenters. The number of carbonyl (C=O) groups excluding carboxylic acids is 1. The summed E-state index contributed by atoms with van der Waals surface area (Å²) in [4.78, 5) is 21.9. The summed E-state index contributed by atoms with van der Waals surface area (Å²) in [7, 11) is 1.78. The average molecular weight is 265 g/mol. The van der Waals surface area contributed by atoms with Crippen LogP contribution in [0, 0.1) is 0 Å². The Balaban J connectivity index is 2.94. The van der Waals surface area contributed by atoms with Crippen molar-refractivity contribution in [1.82, 2.24) is 14.9 Å². The smallest absolute Gasteiger partial charge is 0.244 e. The zero-order chi connectivity index (χ0) is 14.6. The highest BCUT2D eigenvalue weighted by molar-refractivity contribution is 5.84. The summed E-state index contributed by atoms with van der Waals surface area (Å²) in [6.45, 7) is 8.47. The summed E-state index contributed by atoms with van der Waals surface area (Å²) in [5.74, 6) is 1.30. The second-order valence-corrected chi connectivity index (χ2v) is 4.89. The van der Waals surface area contributed by atoms with E-state index in [1.165, 1.54) is 6.33 Å². The molecule has 1 aromatic rings.